The molecule has 4 rings (SSSR count). The molecule has 0 saturated carbocycles. The molecule has 0 amide bonds. The van der Waals surface area contributed by atoms with Gasteiger partial charge in [0.05, 0.1) is 21.4 Å². The quantitative estimate of drug-likeness (QED) is 0.631. The third-order valence-corrected chi connectivity index (χ3v) is 6.35. The fourth-order valence-electron chi connectivity index (χ4n) is 4.16. The van der Waals surface area contributed by atoms with E-state index in [-0.39, 0.29) is 11.9 Å². The van der Waals surface area contributed by atoms with Gasteiger partial charge in [0.15, 0.2) is 5.65 Å². The van der Waals surface area contributed by atoms with Crippen molar-refractivity contribution in [2.45, 2.75) is 52.5 Å². The van der Waals surface area contributed by atoms with Gasteiger partial charge in [-0.2, -0.15) is 0 Å². The van der Waals surface area contributed by atoms with E-state index in [1.165, 1.54) is 16.9 Å². The van der Waals surface area contributed by atoms with Gasteiger partial charge in [-0.25, -0.2) is 14.4 Å². The van der Waals surface area contributed by atoms with Crippen molar-refractivity contribution in [1.29, 1.82) is 0 Å². The molecule has 0 spiro atoms. The maximum Gasteiger partial charge on any atom is 0.171 e. The normalized spacial score (nSPS) is 19.5. The lowest BCUT2D eigenvalue weighted by Gasteiger charge is -2.37. The van der Waals surface area contributed by atoms with Crippen molar-refractivity contribution in [1.82, 2.24) is 19.9 Å². The van der Waals surface area contributed by atoms with Gasteiger partial charge in [-0.1, -0.05) is 0 Å². The summed E-state index contributed by atoms with van der Waals surface area (Å²) in [4.78, 5) is 15.9. The molecule has 142 valence electrons. The zero-order valence-corrected chi connectivity index (χ0v) is 17.1. The van der Waals surface area contributed by atoms with Crippen LogP contribution in [0.1, 0.15) is 59.4 Å². The molecule has 27 heavy (non-hydrogen) atoms. The van der Waals surface area contributed by atoms with Gasteiger partial charge in [0, 0.05) is 17.9 Å². The molecule has 0 unspecified atom stereocenters. The lowest BCUT2D eigenvalue weighted by molar-refractivity contribution is 0.153. The first-order chi connectivity index (χ1) is 12.9. The van der Waals surface area contributed by atoms with E-state index >= 15 is 0 Å². The summed E-state index contributed by atoms with van der Waals surface area (Å²) in [5.41, 5.74) is 4.64. The van der Waals surface area contributed by atoms with E-state index in [1.54, 1.807) is 6.07 Å². The summed E-state index contributed by atoms with van der Waals surface area (Å²) in [6.45, 7) is 9.96. The van der Waals surface area contributed by atoms with Crippen LogP contribution in [0, 0.1) is 26.6 Å². The number of pyridine rings is 2. The molecule has 1 fully saturated rings. The molecule has 0 aliphatic carbocycles. The minimum Gasteiger partial charge on any atom is -0.294 e. The number of aromatic nitrogens is 3. The molecule has 1 aliphatic rings. The second-order valence-corrected chi connectivity index (χ2v) is 8.84. The summed E-state index contributed by atoms with van der Waals surface area (Å²) in [5.74, 6) is 0.228. The first-order valence-electron chi connectivity index (χ1n) is 9.53. The number of thiazole rings is 1. The van der Waals surface area contributed by atoms with Gasteiger partial charge in [-0.05, 0) is 76.8 Å². The highest BCUT2D eigenvalue weighted by Crippen LogP contribution is 2.33. The van der Waals surface area contributed by atoms with Crippen LogP contribution in [0.15, 0.2) is 18.2 Å². The van der Waals surface area contributed by atoms with Crippen LogP contribution in [-0.4, -0.2) is 32.9 Å². The molecule has 1 aliphatic heterocycles. The maximum absolute atomic E-state index is 14.7. The Balaban J connectivity index is 1.60. The van der Waals surface area contributed by atoms with Crippen LogP contribution in [0.25, 0.3) is 10.3 Å². The van der Waals surface area contributed by atoms with E-state index < -0.39 is 0 Å². The molecule has 3 aromatic rings. The zero-order valence-electron chi connectivity index (χ0n) is 16.3. The van der Waals surface area contributed by atoms with E-state index in [1.807, 2.05) is 20.8 Å². The van der Waals surface area contributed by atoms with E-state index in [9.17, 15) is 4.39 Å². The van der Waals surface area contributed by atoms with Crippen molar-refractivity contribution in [3.05, 3.63) is 51.7 Å². The third kappa shape index (κ3) is 3.73. The van der Waals surface area contributed by atoms with Crippen LogP contribution in [0.4, 0.5) is 4.39 Å². The molecular weight excluding hydrogens is 359 g/mol. The Kier molecular flexibility index (Phi) is 4.95. The van der Waals surface area contributed by atoms with Gasteiger partial charge in [0.2, 0.25) is 0 Å². The van der Waals surface area contributed by atoms with Crippen molar-refractivity contribution < 1.29 is 4.39 Å². The summed E-state index contributed by atoms with van der Waals surface area (Å²) in [7, 11) is 0. The lowest BCUT2D eigenvalue weighted by Crippen LogP contribution is -2.37. The number of aryl methyl sites for hydroxylation is 3. The summed E-state index contributed by atoms with van der Waals surface area (Å²) in [6.07, 6.45) is 2.27. The fraction of sp³-hybridized carbons (Fsp3) is 0.476. The second-order valence-electron chi connectivity index (χ2n) is 7.60. The van der Waals surface area contributed by atoms with Gasteiger partial charge in [-0.3, -0.25) is 9.88 Å². The van der Waals surface area contributed by atoms with Crippen LogP contribution < -0.4 is 0 Å². The smallest absolute Gasteiger partial charge is 0.171 e. The summed E-state index contributed by atoms with van der Waals surface area (Å²) in [5, 5.41) is 0.920. The molecule has 0 aromatic carbocycles. The summed E-state index contributed by atoms with van der Waals surface area (Å²) >= 11 is 1.49. The standard InChI is InChI=1S/C21H25FN4S/c1-12-8-17(9-13(2)23-12)16-6-5-7-26(11-16)14(3)20-18(22)10-19-21(25-20)24-15(4)27-19/h8-10,14,16H,5-7,11H2,1-4H3/t14-,16-/m0/s1. The SMILES string of the molecule is Cc1cc([C@H]2CCCN([C@@H](C)c3nc4nc(C)sc4cc3F)C2)cc(C)n1. The van der Waals surface area contributed by atoms with Gasteiger partial charge >= 0.3 is 0 Å². The first-order valence-corrected chi connectivity index (χ1v) is 10.3. The minimum absolute atomic E-state index is 0.0664. The van der Waals surface area contributed by atoms with Crippen LogP contribution >= 0.6 is 11.3 Å². The Bertz CT molecular complexity index is 963. The number of fused-ring (bicyclic) bond motifs is 1. The Morgan fingerprint density at radius 2 is 1.85 bits per heavy atom. The molecule has 0 N–H and O–H groups in total. The monoisotopic (exact) mass is 384 g/mol. The molecular formula is C21H25FN4S. The Labute approximate surface area is 163 Å². The van der Waals surface area contributed by atoms with E-state index in [2.05, 4.69) is 38.9 Å². The van der Waals surface area contributed by atoms with Crippen molar-refractivity contribution >= 4 is 21.7 Å². The van der Waals surface area contributed by atoms with Crippen LogP contribution in [0.5, 0.6) is 0 Å². The highest BCUT2D eigenvalue weighted by atomic mass is 32.1. The van der Waals surface area contributed by atoms with Crippen molar-refractivity contribution in [2.24, 2.45) is 0 Å². The molecule has 4 heterocycles. The highest BCUT2D eigenvalue weighted by molar-refractivity contribution is 7.18. The maximum atomic E-state index is 14.7. The van der Waals surface area contributed by atoms with Crippen LogP contribution in [0.3, 0.4) is 0 Å². The molecule has 0 bridgehead atoms. The van der Waals surface area contributed by atoms with E-state index in [4.69, 9.17) is 0 Å². The van der Waals surface area contributed by atoms with Gasteiger partial charge in [0.1, 0.15) is 5.82 Å². The van der Waals surface area contributed by atoms with Gasteiger partial charge in [0.25, 0.3) is 0 Å². The average molecular weight is 385 g/mol. The Hall–Kier alpha value is -1.92. The largest absolute Gasteiger partial charge is 0.294 e. The minimum atomic E-state index is -0.226. The number of hydrogen-bond acceptors (Lipinski definition) is 5. The Morgan fingerprint density at radius 3 is 2.59 bits per heavy atom. The van der Waals surface area contributed by atoms with Gasteiger partial charge < -0.3 is 0 Å². The van der Waals surface area contributed by atoms with Crippen LogP contribution in [-0.2, 0) is 0 Å². The predicted octanol–water partition coefficient (Wildman–Crippen LogP) is 5.09. The molecule has 4 nitrogen and oxygen atoms in total. The number of piperidine rings is 1. The van der Waals surface area contributed by atoms with Crippen molar-refractivity contribution in [3.63, 3.8) is 0 Å². The number of likely N-dealkylation sites (tertiary alicyclic amines) is 1. The summed E-state index contributed by atoms with van der Waals surface area (Å²) in [6, 6.07) is 5.91. The van der Waals surface area contributed by atoms with Crippen molar-refractivity contribution in [3.8, 4) is 0 Å². The zero-order chi connectivity index (χ0) is 19.1. The highest BCUT2D eigenvalue weighted by Gasteiger charge is 2.28. The van der Waals surface area contributed by atoms with Crippen LogP contribution in [0.2, 0.25) is 0 Å². The average Bonchev–Trinajstić information content (AvgIpc) is 2.98. The molecule has 0 radical (unpaired) electrons. The predicted molar refractivity (Wildman–Crippen MR) is 108 cm³/mol. The van der Waals surface area contributed by atoms with E-state index in [0.29, 0.717) is 17.3 Å². The number of hydrogen-bond donors (Lipinski definition) is 0. The second kappa shape index (κ2) is 7.24. The summed E-state index contributed by atoms with van der Waals surface area (Å²) < 4.78 is 15.6. The third-order valence-electron chi connectivity index (χ3n) is 5.44. The van der Waals surface area contributed by atoms with E-state index in [0.717, 1.165) is 47.0 Å². The lowest BCUT2D eigenvalue weighted by atomic mass is 9.89. The van der Waals surface area contributed by atoms with Gasteiger partial charge in [-0.15, -0.1) is 11.3 Å². The molecule has 1 saturated heterocycles. The first kappa shape index (κ1) is 18.4. The molecule has 6 heteroatoms. The number of halogens is 1. The number of rotatable bonds is 3. The van der Waals surface area contributed by atoms with Crippen molar-refractivity contribution in [2.75, 3.05) is 13.1 Å². The molecule has 3 aromatic heterocycles. The molecule has 2 atom stereocenters. The Morgan fingerprint density at radius 1 is 1.11 bits per heavy atom. The fourth-order valence-corrected chi connectivity index (χ4v) is 4.96. The number of nitrogens with zero attached hydrogens (tertiary/aromatic N) is 4. The topological polar surface area (TPSA) is 41.9 Å².